The minimum atomic E-state index is -0.403. The van der Waals surface area contributed by atoms with Gasteiger partial charge in [-0.1, -0.05) is 58.5 Å². The number of hydrogen-bond acceptors (Lipinski definition) is 3. The molecule has 1 aromatic heterocycles. The predicted octanol–water partition coefficient (Wildman–Crippen LogP) is 7.24. The highest BCUT2D eigenvalue weighted by molar-refractivity contribution is 6.35. The SMILES string of the molecule is COc1ccc(C(=O)C[n+]2ccn(CC(OCc3ccc(Cl)cc3Cl)c3ccc(Cl)cc3Cl)c2)cc1. The van der Waals surface area contributed by atoms with Crippen LogP contribution in [-0.4, -0.2) is 17.5 Å². The molecule has 4 aromatic rings. The maximum absolute atomic E-state index is 12.7. The molecule has 1 atom stereocenters. The van der Waals surface area contributed by atoms with Crippen LogP contribution >= 0.6 is 46.4 Å². The fourth-order valence-corrected chi connectivity index (χ4v) is 4.69. The predicted molar refractivity (Wildman–Crippen MR) is 142 cm³/mol. The molecule has 0 radical (unpaired) electrons. The number of nitrogens with zero attached hydrogens (tertiary/aromatic N) is 2. The topological polar surface area (TPSA) is 44.3 Å². The molecule has 1 heterocycles. The number of rotatable bonds is 10. The summed E-state index contributed by atoms with van der Waals surface area (Å²) in [5.41, 5.74) is 2.22. The summed E-state index contributed by atoms with van der Waals surface area (Å²) < 4.78 is 15.2. The first-order chi connectivity index (χ1) is 17.3. The maximum Gasteiger partial charge on any atom is 0.244 e. The lowest BCUT2D eigenvalue weighted by Gasteiger charge is -2.19. The zero-order valence-corrected chi connectivity index (χ0v) is 22.4. The monoisotopic (exact) mass is 563 g/mol. The van der Waals surface area contributed by atoms with Crippen LogP contribution in [-0.2, 0) is 24.4 Å². The van der Waals surface area contributed by atoms with E-state index in [1.807, 2.05) is 40.0 Å². The Morgan fingerprint density at radius 1 is 0.944 bits per heavy atom. The molecule has 3 aromatic carbocycles. The molecule has 9 heteroatoms. The summed E-state index contributed by atoms with van der Waals surface area (Å²) >= 11 is 25.0. The smallest absolute Gasteiger partial charge is 0.244 e. The minimum absolute atomic E-state index is 0.00803. The molecular formula is C27H23Cl4N2O3+. The Morgan fingerprint density at radius 3 is 2.31 bits per heavy atom. The molecule has 186 valence electrons. The van der Waals surface area contributed by atoms with E-state index in [9.17, 15) is 4.79 Å². The summed E-state index contributed by atoms with van der Waals surface area (Å²) in [6.07, 6.45) is 5.19. The molecule has 4 rings (SSSR count). The Labute approximate surface area is 229 Å². The van der Waals surface area contributed by atoms with Crippen LogP contribution in [0.3, 0.4) is 0 Å². The Kier molecular flexibility index (Phi) is 8.94. The second-order valence-corrected chi connectivity index (χ2v) is 9.82. The third kappa shape index (κ3) is 6.81. The second-order valence-electron chi connectivity index (χ2n) is 8.14. The van der Waals surface area contributed by atoms with Crippen molar-refractivity contribution in [2.45, 2.75) is 25.8 Å². The number of Topliss-reactive ketones (excluding diaryl/α,β-unsaturated/α-hetero) is 1. The lowest BCUT2D eigenvalue weighted by atomic mass is 10.1. The number of ether oxygens (including phenoxy) is 2. The molecule has 0 N–H and O–H groups in total. The van der Waals surface area contributed by atoms with Crippen molar-refractivity contribution < 1.29 is 18.8 Å². The largest absolute Gasteiger partial charge is 0.497 e. The number of carbonyl (C=O) groups excluding carboxylic acids is 1. The van der Waals surface area contributed by atoms with Gasteiger partial charge in [-0.05, 0) is 54.1 Å². The molecule has 1 unspecified atom stereocenters. The summed E-state index contributed by atoms with van der Waals surface area (Å²) in [6.45, 7) is 0.917. The third-order valence-electron chi connectivity index (χ3n) is 5.63. The Balaban J connectivity index is 1.50. The Hall–Kier alpha value is -2.54. The normalized spacial score (nSPS) is 11.9. The van der Waals surface area contributed by atoms with Gasteiger partial charge in [0.1, 0.15) is 30.8 Å². The van der Waals surface area contributed by atoms with E-state index in [0.29, 0.717) is 37.9 Å². The van der Waals surface area contributed by atoms with E-state index < -0.39 is 6.10 Å². The number of hydrogen-bond donors (Lipinski definition) is 0. The van der Waals surface area contributed by atoms with Gasteiger partial charge in [-0.25, -0.2) is 9.13 Å². The number of methoxy groups -OCH3 is 1. The van der Waals surface area contributed by atoms with Gasteiger partial charge in [-0.2, -0.15) is 0 Å². The van der Waals surface area contributed by atoms with Crippen molar-refractivity contribution in [2.75, 3.05) is 7.11 Å². The molecule has 5 nitrogen and oxygen atoms in total. The van der Waals surface area contributed by atoms with E-state index >= 15 is 0 Å². The fourth-order valence-electron chi connectivity index (χ4n) is 3.70. The number of imidazole rings is 1. The Bertz CT molecular complexity index is 1360. The van der Waals surface area contributed by atoms with Crippen LogP contribution in [0.25, 0.3) is 0 Å². The zero-order valence-electron chi connectivity index (χ0n) is 19.3. The van der Waals surface area contributed by atoms with Crippen molar-refractivity contribution in [3.63, 3.8) is 0 Å². The molecule has 0 spiro atoms. The van der Waals surface area contributed by atoms with Gasteiger partial charge >= 0.3 is 0 Å². The van der Waals surface area contributed by atoms with Crippen LogP contribution < -0.4 is 9.30 Å². The van der Waals surface area contributed by atoms with Gasteiger partial charge in [-0.3, -0.25) is 4.79 Å². The molecule has 0 aliphatic carbocycles. The molecule has 0 amide bonds. The number of halogens is 4. The second kappa shape index (κ2) is 12.1. The van der Waals surface area contributed by atoms with Gasteiger partial charge in [0, 0.05) is 31.2 Å². The number of aromatic nitrogens is 2. The highest BCUT2D eigenvalue weighted by Crippen LogP contribution is 2.31. The van der Waals surface area contributed by atoms with Crippen molar-refractivity contribution in [3.8, 4) is 5.75 Å². The van der Waals surface area contributed by atoms with Crippen LogP contribution in [0.2, 0.25) is 20.1 Å². The quantitative estimate of drug-likeness (QED) is 0.151. The van der Waals surface area contributed by atoms with Crippen molar-refractivity contribution in [2.24, 2.45) is 0 Å². The van der Waals surface area contributed by atoms with Crippen LogP contribution in [0.15, 0.2) is 79.4 Å². The van der Waals surface area contributed by atoms with Crippen LogP contribution in [0.5, 0.6) is 5.75 Å². The first-order valence-corrected chi connectivity index (χ1v) is 12.6. The third-order valence-corrected chi connectivity index (χ3v) is 6.77. The fraction of sp³-hybridized carbons (Fsp3) is 0.185. The Morgan fingerprint density at radius 2 is 1.64 bits per heavy atom. The van der Waals surface area contributed by atoms with Gasteiger partial charge in [0.25, 0.3) is 0 Å². The van der Waals surface area contributed by atoms with E-state index in [4.69, 9.17) is 55.9 Å². The van der Waals surface area contributed by atoms with Gasteiger partial charge < -0.3 is 9.47 Å². The highest BCUT2D eigenvalue weighted by atomic mass is 35.5. The van der Waals surface area contributed by atoms with Crippen molar-refractivity contribution in [1.82, 2.24) is 4.57 Å². The van der Waals surface area contributed by atoms with Crippen molar-refractivity contribution in [3.05, 3.63) is 116 Å². The standard InChI is InChI=1S/C27H23Cl4N2O3/c1-35-22-7-3-18(4-8-22)26(34)14-32-10-11-33(17-32)15-27(23-9-6-21(29)13-25(23)31)36-16-19-2-5-20(28)12-24(19)30/h2-13,17,27H,14-16H2,1H3/q+1. The molecule has 0 aliphatic rings. The van der Waals surface area contributed by atoms with Gasteiger partial charge in [0.15, 0.2) is 6.54 Å². The number of carbonyl (C=O) groups is 1. The molecular weight excluding hydrogens is 542 g/mol. The van der Waals surface area contributed by atoms with Gasteiger partial charge in [0.05, 0.1) is 13.7 Å². The van der Waals surface area contributed by atoms with E-state index in [2.05, 4.69) is 0 Å². The highest BCUT2D eigenvalue weighted by Gasteiger charge is 2.21. The number of benzene rings is 3. The summed E-state index contributed by atoms with van der Waals surface area (Å²) in [5.74, 6) is 0.698. The van der Waals surface area contributed by atoms with E-state index in [1.165, 1.54) is 0 Å². The first kappa shape index (κ1) is 26.5. The summed E-state index contributed by atoms with van der Waals surface area (Å²) in [7, 11) is 1.59. The molecule has 0 saturated carbocycles. The molecule has 0 saturated heterocycles. The molecule has 36 heavy (non-hydrogen) atoms. The average molecular weight is 565 g/mol. The minimum Gasteiger partial charge on any atom is -0.497 e. The molecule has 0 aliphatic heterocycles. The van der Waals surface area contributed by atoms with Gasteiger partial charge in [-0.15, -0.1) is 0 Å². The van der Waals surface area contributed by atoms with Crippen LogP contribution in [0.4, 0.5) is 0 Å². The molecule has 0 bridgehead atoms. The van der Waals surface area contributed by atoms with Gasteiger partial charge in [0.2, 0.25) is 12.1 Å². The molecule has 0 fully saturated rings. The first-order valence-electron chi connectivity index (χ1n) is 11.0. The average Bonchev–Trinajstić information content (AvgIpc) is 3.29. The lowest BCUT2D eigenvalue weighted by molar-refractivity contribution is -0.682. The van der Waals surface area contributed by atoms with Crippen molar-refractivity contribution >= 4 is 52.2 Å². The number of ketones is 1. The van der Waals surface area contributed by atoms with E-state index in [1.54, 1.807) is 55.6 Å². The van der Waals surface area contributed by atoms with E-state index in [0.717, 1.165) is 11.1 Å². The van der Waals surface area contributed by atoms with E-state index in [-0.39, 0.29) is 18.9 Å². The summed E-state index contributed by atoms with van der Waals surface area (Å²) in [4.78, 5) is 12.7. The van der Waals surface area contributed by atoms with Crippen LogP contribution in [0, 0.1) is 0 Å². The maximum atomic E-state index is 12.7. The lowest BCUT2D eigenvalue weighted by Crippen LogP contribution is -2.36. The zero-order chi connectivity index (χ0) is 25.7. The summed E-state index contributed by atoms with van der Waals surface area (Å²) in [6, 6.07) is 17.7. The summed E-state index contributed by atoms with van der Waals surface area (Å²) in [5, 5.41) is 2.13. The van der Waals surface area contributed by atoms with Crippen LogP contribution in [0.1, 0.15) is 27.6 Å². The van der Waals surface area contributed by atoms with Crippen molar-refractivity contribution in [1.29, 1.82) is 0 Å².